The van der Waals surface area contributed by atoms with Crippen molar-refractivity contribution in [3.8, 4) is 0 Å². The molecule has 2 atom stereocenters. The molecule has 0 saturated carbocycles. The molecule has 23 heavy (non-hydrogen) atoms. The van der Waals surface area contributed by atoms with Gasteiger partial charge in [0.2, 0.25) is 5.91 Å². The van der Waals surface area contributed by atoms with Crippen LogP contribution < -0.4 is 11.5 Å². The third kappa shape index (κ3) is 5.28. The molecule has 0 radical (unpaired) electrons. The molecule has 0 bridgehead atoms. The molecule has 5 N–H and O–H groups in total. The van der Waals surface area contributed by atoms with E-state index in [-0.39, 0.29) is 18.5 Å². The number of aliphatic hydroxyl groups is 1. The lowest BCUT2D eigenvalue weighted by Crippen LogP contribution is -2.26. The SMILES string of the molecule is NC(=O)COCC(O)C(Sc1ccccc1N)c1ccccc1. The maximum Gasteiger partial charge on any atom is 0.243 e. The van der Waals surface area contributed by atoms with Crippen molar-refractivity contribution in [2.75, 3.05) is 18.9 Å². The molecule has 2 unspecified atom stereocenters. The number of amides is 1. The van der Waals surface area contributed by atoms with Crippen molar-refractivity contribution in [1.82, 2.24) is 0 Å². The summed E-state index contributed by atoms with van der Waals surface area (Å²) in [5.74, 6) is -0.562. The third-order valence-electron chi connectivity index (χ3n) is 3.18. The molecule has 0 fully saturated rings. The van der Waals surface area contributed by atoms with Gasteiger partial charge in [-0.2, -0.15) is 0 Å². The van der Waals surface area contributed by atoms with Crippen LogP contribution in [0.1, 0.15) is 10.8 Å². The number of hydrogen-bond acceptors (Lipinski definition) is 5. The van der Waals surface area contributed by atoms with Crippen molar-refractivity contribution >= 4 is 23.4 Å². The fourth-order valence-corrected chi connectivity index (χ4v) is 3.27. The molecule has 0 aliphatic rings. The average molecular weight is 332 g/mol. The number of hydrogen-bond donors (Lipinski definition) is 3. The zero-order valence-corrected chi connectivity index (χ0v) is 13.4. The highest BCUT2D eigenvalue weighted by Gasteiger charge is 2.23. The summed E-state index contributed by atoms with van der Waals surface area (Å²) in [5.41, 5.74) is 12.6. The van der Waals surface area contributed by atoms with E-state index in [0.717, 1.165) is 10.5 Å². The summed E-state index contributed by atoms with van der Waals surface area (Å²) in [6.45, 7) is -0.195. The molecule has 0 heterocycles. The Morgan fingerprint density at radius 3 is 2.43 bits per heavy atom. The van der Waals surface area contributed by atoms with Crippen LogP contribution in [0.2, 0.25) is 0 Å². The standard InChI is InChI=1S/C17H20N2O3S/c18-13-8-4-5-9-15(13)23-17(12-6-2-1-3-7-12)14(20)10-22-11-16(19)21/h1-9,14,17,20H,10-11,18H2,(H2,19,21). The normalized spacial score (nSPS) is 13.4. The molecule has 2 aromatic carbocycles. The van der Waals surface area contributed by atoms with Crippen LogP contribution in [-0.2, 0) is 9.53 Å². The summed E-state index contributed by atoms with van der Waals surface area (Å²) >= 11 is 1.46. The molecular formula is C17H20N2O3S. The maximum atomic E-state index is 10.8. The van der Waals surface area contributed by atoms with Crippen molar-refractivity contribution < 1.29 is 14.6 Å². The van der Waals surface area contributed by atoms with E-state index in [9.17, 15) is 9.90 Å². The van der Waals surface area contributed by atoms with E-state index < -0.39 is 12.0 Å². The number of para-hydroxylation sites is 1. The quantitative estimate of drug-likeness (QED) is 0.507. The number of carbonyl (C=O) groups excluding carboxylic acids is 1. The Morgan fingerprint density at radius 1 is 1.13 bits per heavy atom. The second-order valence-electron chi connectivity index (χ2n) is 5.04. The van der Waals surface area contributed by atoms with Crippen LogP contribution in [0.25, 0.3) is 0 Å². The van der Waals surface area contributed by atoms with Crippen molar-refractivity contribution in [3.63, 3.8) is 0 Å². The van der Waals surface area contributed by atoms with E-state index in [4.69, 9.17) is 16.2 Å². The van der Waals surface area contributed by atoms with Crippen molar-refractivity contribution in [2.45, 2.75) is 16.2 Å². The summed E-state index contributed by atoms with van der Waals surface area (Å²) < 4.78 is 5.16. The minimum atomic E-state index is -0.804. The van der Waals surface area contributed by atoms with Gasteiger partial charge in [0.15, 0.2) is 0 Å². The number of ether oxygens (including phenoxy) is 1. The first-order chi connectivity index (χ1) is 11.1. The van der Waals surface area contributed by atoms with Gasteiger partial charge >= 0.3 is 0 Å². The van der Waals surface area contributed by atoms with Gasteiger partial charge in [-0.1, -0.05) is 42.5 Å². The van der Waals surface area contributed by atoms with E-state index in [2.05, 4.69) is 0 Å². The van der Waals surface area contributed by atoms with E-state index in [1.165, 1.54) is 11.8 Å². The summed E-state index contributed by atoms with van der Waals surface area (Å²) in [4.78, 5) is 11.6. The number of thioether (sulfide) groups is 1. The van der Waals surface area contributed by atoms with Crippen LogP contribution in [0, 0.1) is 0 Å². The minimum Gasteiger partial charge on any atom is -0.398 e. The Labute approximate surface area is 139 Å². The van der Waals surface area contributed by atoms with Crippen molar-refractivity contribution in [2.24, 2.45) is 5.73 Å². The molecule has 0 saturated heterocycles. The number of benzene rings is 2. The van der Waals surface area contributed by atoms with E-state index in [1.54, 1.807) is 0 Å². The van der Waals surface area contributed by atoms with Crippen molar-refractivity contribution in [3.05, 3.63) is 60.2 Å². The predicted molar refractivity (Wildman–Crippen MR) is 91.9 cm³/mol. The summed E-state index contributed by atoms with van der Waals surface area (Å²) in [7, 11) is 0. The number of aliphatic hydroxyl groups excluding tert-OH is 1. The molecule has 0 aliphatic carbocycles. The zero-order chi connectivity index (χ0) is 16.7. The van der Waals surface area contributed by atoms with Gasteiger partial charge in [0, 0.05) is 10.6 Å². The first-order valence-electron chi connectivity index (χ1n) is 7.18. The van der Waals surface area contributed by atoms with Crippen LogP contribution >= 0.6 is 11.8 Å². The monoisotopic (exact) mass is 332 g/mol. The van der Waals surface area contributed by atoms with Gasteiger partial charge in [0.05, 0.1) is 18.0 Å². The van der Waals surface area contributed by atoms with Crippen molar-refractivity contribution in [1.29, 1.82) is 0 Å². The lowest BCUT2D eigenvalue weighted by atomic mass is 10.1. The smallest absolute Gasteiger partial charge is 0.243 e. The minimum absolute atomic E-state index is 0.0161. The molecule has 2 aromatic rings. The molecule has 2 rings (SSSR count). The second-order valence-corrected chi connectivity index (χ2v) is 6.22. The van der Waals surface area contributed by atoms with Crippen LogP contribution in [0.15, 0.2) is 59.5 Å². The fraction of sp³-hybridized carbons (Fsp3) is 0.235. The summed E-state index contributed by atoms with van der Waals surface area (Å²) in [6, 6.07) is 17.1. The molecule has 0 aliphatic heterocycles. The Kier molecular flexibility index (Phi) is 6.46. The number of nitrogens with two attached hydrogens (primary N) is 2. The Hall–Kier alpha value is -2.02. The zero-order valence-electron chi connectivity index (χ0n) is 12.6. The summed E-state index contributed by atoms with van der Waals surface area (Å²) in [6.07, 6.45) is -0.804. The van der Waals surface area contributed by atoms with Gasteiger partial charge in [-0.25, -0.2) is 0 Å². The molecular weight excluding hydrogens is 312 g/mol. The highest BCUT2D eigenvalue weighted by atomic mass is 32.2. The van der Waals surface area contributed by atoms with Crippen LogP contribution in [0.5, 0.6) is 0 Å². The van der Waals surface area contributed by atoms with E-state index in [0.29, 0.717) is 5.69 Å². The second kappa shape index (κ2) is 8.57. The number of carbonyl (C=O) groups is 1. The molecule has 122 valence electrons. The average Bonchev–Trinajstić information content (AvgIpc) is 2.54. The summed E-state index contributed by atoms with van der Waals surface area (Å²) in [5, 5.41) is 10.2. The maximum absolute atomic E-state index is 10.8. The van der Waals surface area contributed by atoms with Crippen LogP contribution in [-0.4, -0.2) is 30.3 Å². The van der Waals surface area contributed by atoms with Crippen LogP contribution in [0.3, 0.4) is 0 Å². The molecule has 5 nitrogen and oxygen atoms in total. The number of rotatable bonds is 8. The first kappa shape index (κ1) is 17.3. The van der Waals surface area contributed by atoms with Crippen LogP contribution in [0.4, 0.5) is 5.69 Å². The number of primary amides is 1. The highest BCUT2D eigenvalue weighted by Crippen LogP contribution is 2.40. The molecule has 1 amide bonds. The topological polar surface area (TPSA) is 98.6 Å². The Balaban J connectivity index is 2.15. The van der Waals surface area contributed by atoms with Gasteiger partial charge in [0.25, 0.3) is 0 Å². The third-order valence-corrected chi connectivity index (χ3v) is 4.65. The molecule has 0 spiro atoms. The van der Waals surface area contributed by atoms with E-state index in [1.807, 2.05) is 54.6 Å². The molecule has 0 aromatic heterocycles. The first-order valence-corrected chi connectivity index (χ1v) is 8.06. The molecule has 6 heteroatoms. The van der Waals surface area contributed by atoms with Gasteiger partial charge in [-0.05, 0) is 17.7 Å². The predicted octanol–water partition coefficient (Wildman–Crippen LogP) is 1.97. The Bertz CT molecular complexity index is 637. The lowest BCUT2D eigenvalue weighted by molar-refractivity contribution is -0.123. The van der Waals surface area contributed by atoms with Gasteiger partial charge < -0.3 is 21.3 Å². The number of nitrogen functional groups attached to an aromatic ring is 1. The lowest BCUT2D eigenvalue weighted by Gasteiger charge is -2.23. The van der Waals surface area contributed by atoms with Gasteiger partial charge in [-0.3, -0.25) is 4.79 Å². The highest BCUT2D eigenvalue weighted by molar-refractivity contribution is 7.99. The Morgan fingerprint density at radius 2 is 1.78 bits per heavy atom. The van der Waals surface area contributed by atoms with E-state index >= 15 is 0 Å². The fourth-order valence-electron chi connectivity index (χ4n) is 2.10. The van der Waals surface area contributed by atoms with Gasteiger partial charge in [-0.15, -0.1) is 11.8 Å². The van der Waals surface area contributed by atoms with Gasteiger partial charge in [0.1, 0.15) is 6.61 Å². The number of anilines is 1. The largest absolute Gasteiger partial charge is 0.398 e.